The Morgan fingerprint density at radius 2 is 2.00 bits per heavy atom. The Bertz CT molecular complexity index is 954. The van der Waals surface area contributed by atoms with E-state index < -0.39 is 0 Å². The lowest BCUT2D eigenvalue weighted by Gasteiger charge is -2.26. The third-order valence-electron chi connectivity index (χ3n) is 4.35. The number of carbonyl (C=O) groups is 1. The van der Waals surface area contributed by atoms with E-state index in [1.807, 2.05) is 24.3 Å². The quantitative estimate of drug-likeness (QED) is 0.740. The number of nitrogens with one attached hydrogen (secondary N) is 2. The Labute approximate surface area is 154 Å². The fourth-order valence-corrected chi connectivity index (χ4v) is 3.16. The Kier molecular flexibility index (Phi) is 4.44. The molecule has 0 aliphatic carbocycles. The van der Waals surface area contributed by atoms with Crippen LogP contribution >= 0.6 is 11.6 Å². The molecule has 1 aliphatic heterocycles. The average Bonchev–Trinajstić information content (AvgIpc) is 3.09. The van der Waals surface area contributed by atoms with Gasteiger partial charge >= 0.3 is 0 Å². The summed E-state index contributed by atoms with van der Waals surface area (Å²) in [5.74, 6) is -0.489. The maximum atomic E-state index is 13.1. The number of hydrogen-bond acceptors (Lipinski definition) is 3. The molecule has 0 saturated carbocycles. The first-order valence-corrected chi connectivity index (χ1v) is 8.60. The second-order valence-electron chi connectivity index (χ2n) is 6.06. The molecule has 3 aromatic rings. The molecular formula is C19H16ClFN4O. The topological polar surface area (TPSA) is 59.0 Å². The molecule has 1 amide bonds. The lowest BCUT2D eigenvalue weighted by atomic mass is 10.1. The first kappa shape index (κ1) is 16.8. The summed E-state index contributed by atoms with van der Waals surface area (Å²) in [5.41, 5.74) is 2.82. The minimum absolute atomic E-state index is 0.179. The van der Waals surface area contributed by atoms with Crippen molar-refractivity contribution in [3.05, 3.63) is 76.7 Å². The summed E-state index contributed by atoms with van der Waals surface area (Å²) in [5, 5.41) is 11.5. The van der Waals surface area contributed by atoms with Gasteiger partial charge in [0.15, 0.2) is 0 Å². The van der Waals surface area contributed by atoms with Crippen LogP contribution < -0.4 is 10.6 Å². The molecule has 0 radical (unpaired) electrons. The molecule has 2 heterocycles. The summed E-state index contributed by atoms with van der Waals surface area (Å²) >= 11 is 6.20. The third-order valence-corrected chi connectivity index (χ3v) is 4.71. The van der Waals surface area contributed by atoms with Gasteiger partial charge in [0.1, 0.15) is 17.7 Å². The van der Waals surface area contributed by atoms with Crippen LogP contribution in [0.15, 0.2) is 54.6 Å². The summed E-state index contributed by atoms with van der Waals surface area (Å²) in [6.45, 7) is 0.964. The van der Waals surface area contributed by atoms with E-state index in [9.17, 15) is 9.18 Å². The molecule has 1 unspecified atom stereocenters. The molecule has 132 valence electrons. The molecule has 0 bridgehead atoms. The van der Waals surface area contributed by atoms with Crippen LogP contribution in [0.1, 0.15) is 22.2 Å². The fourth-order valence-electron chi connectivity index (χ4n) is 2.96. The highest BCUT2D eigenvalue weighted by molar-refractivity contribution is 6.31. The summed E-state index contributed by atoms with van der Waals surface area (Å²) in [4.78, 5) is 12.2. The highest BCUT2D eigenvalue weighted by Gasteiger charge is 2.27. The number of carbonyl (C=O) groups excluding carboxylic acids is 1. The molecule has 1 aliphatic rings. The maximum absolute atomic E-state index is 13.1. The molecule has 26 heavy (non-hydrogen) atoms. The van der Waals surface area contributed by atoms with Gasteiger partial charge in [-0.25, -0.2) is 9.07 Å². The second-order valence-corrected chi connectivity index (χ2v) is 6.47. The van der Waals surface area contributed by atoms with Crippen molar-refractivity contribution in [1.29, 1.82) is 0 Å². The molecule has 2 aromatic carbocycles. The van der Waals surface area contributed by atoms with E-state index in [1.54, 1.807) is 22.9 Å². The molecule has 2 N–H and O–H groups in total. The maximum Gasteiger partial charge on any atom is 0.269 e. The lowest BCUT2D eigenvalue weighted by Crippen LogP contribution is -2.45. The van der Waals surface area contributed by atoms with E-state index in [0.717, 1.165) is 11.1 Å². The van der Waals surface area contributed by atoms with Crippen molar-refractivity contribution < 1.29 is 9.18 Å². The number of hydrogen-bond donors (Lipinski definition) is 2. The number of nitrogens with zero attached hydrogens (tertiary/aromatic N) is 2. The van der Waals surface area contributed by atoms with Crippen molar-refractivity contribution in [2.24, 2.45) is 0 Å². The van der Waals surface area contributed by atoms with Gasteiger partial charge in [-0.3, -0.25) is 10.1 Å². The van der Waals surface area contributed by atoms with Crippen molar-refractivity contribution in [1.82, 2.24) is 20.4 Å². The number of rotatable bonds is 4. The predicted octanol–water partition coefficient (Wildman–Crippen LogP) is 3.37. The Balaban J connectivity index is 1.60. The molecule has 4 rings (SSSR count). The second kappa shape index (κ2) is 6.90. The van der Waals surface area contributed by atoms with E-state index in [0.29, 0.717) is 29.5 Å². The Hall–Kier alpha value is -2.70. The predicted molar refractivity (Wildman–Crippen MR) is 97.3 cm³/mol. The van der Waals surface area contributed by atoms with Crippen molar-refractivity contribution in [2.75, 3.05) is 6.54 Å². The van der Waals surface area contributed by atoms with Crippen LogP contribution in [0.3, 0.4) is 0 Å². The van der Waals surface area contributed by atoms with E-state index in [4.69, 9.17) is 11.6 Å². The van der Waals surface area contributed by atoms with E-state index in [1.165, 1.54) is 12.1 Å². The molecule has 0 spiro atoms. The standard InChI is InChI=1S/C19H16ClFN4O/c20-15-4-2-1-3-13(15)10-22-18-11-23-19(26)17-9-16(24-25(17)18)12-5-7-14(21)8-6-12/h1-9,18,22H,10-11H2,(H,23,26). The molecule has 7 heteroatoms. The highest BCUT2D eigenvalue weighted by atomic mass is 35.5. The van der Waals surface area contributed by atoms with Gasteiger partial charge in [0.2, 0.25) is 0 Å². The van der Waals surface area contributed by atoms with E-state index in [-0.39, 0.29) is 17.9 Å². The monoisotopic (exact) mass is 370 g/mol. The van der Waals surface area contributed by atoms with Gasteiger partial charge in [-0.05, 0) is 42.0 Å². The molecule has 0 saturated heterocycles. The molecule has 1 aromatic heterocycles. The minimum atomic E-state index is -0.310. The van der Waals surface area contributed by atoms with Gasteiger partial charge < -0.3 is 5.32 Å². The number of halogens is 2. The first-order valence-electron chi connectivity index (χ1n) is 8.22. The summed E-state index contributed by atoms with van der Waals surface area (Å²) in [7, 11) is 0. The Morgan fingerprint density at radius 3 is 2.77 bits per heavy atom. The minimum Gasteiger partial charge on any atom is -0.347 e. The van der Waals surface area contributed by atoms with Crippen LogP contribution in [0.4, 0.5) is 4.39 Å². The largest absolute Gasteiger partial charge is 0.347 e. The number of amides is 1. The van der Waals surface area contributed by atoms with Gasteiger partial charge in [-0.1, -0.05) is 29.8 Å². The van der Waals surface area contributed by atoms with Crippen molar-refractivity contribution in [3.63, 3.8) is 0 Å². The van der Waals surface area contributed by atoms with Crippen LogP contribution in [-0.4, -0.2) is 22.2 Å². The summed E-state index contributed by atoms with van der Waals surface area (Å²) in [6.07, 6.45) is -0.201. The van der Waals surface area contributed by atoms with E-state index >= 15 is 0 Å². The van der Waals surface area contributed by atoms with Gasteiger partial charge in [-0.15, -0.1) is 0 Å². The normalized spacial score (nSPS) is 16.2. The zero-order chi connectivity index (χ0) is 18.1. The third kappa shape index (κ3) is 3.21. The van der Waals surface area contributed by atoms with Gasteiger partial charge in [-0.2, -0.15) is 5.10 Å². The van der Waals surface area contributed by atoms with Crippen LogP contribution in [0.5, 0.6) is 0 Å². The molecule has 1 atom stereocenters. The molecular weight excluding hydrogens is 355 g/mol. The number of benzene rings is 2. The molecule has 0 fully saturated rings. The van der Waals surface area contributed by atoms with Crippen LogP contribution in [-0.2, 0) is 6.54 Å². The zero-order valence-electron chi connectivity index (χ0n) is 13.7. The summed E-state index contributed by atoms with van der Waals surface area (Å²) < 4.78 is 14.8. The van der Waals surface area contributed by atoms with Gasteiger partial charge in [0, 0.05) is 17.1 Å². The van der Waals surface area contributed by atoms with Gasteiger partial charge in [0.05, 0.1) is 12.2 Å². The Morgan fingerprint density at radius 1 is 1.23 bits per heavy atom. The summed E-state index contributed by atoms with van der Waals surface area (Å²) in [6, 6.07) is 15.4. The van der Waals surface area contributed by atoms with Crippen molar-refractivity contribution >= 4 is 17.5 Å². The SMILES string of the molecule is O=C1NCC(NCc2ccccc2Cl)n2nc(-c3ccc(F)cc3)cc21. The van der Waals surface area contributed by atoms with Gasteiger partial charge in [0.25, 0.3) is 5.91 Å². The molecule has 5 nitrogen and oxygen atoms in total. The van der Waals surface area contributed by atoms with Crippen LogP contribution in [0, 0.1) is 5.82 Å². The highest BCUT2D eigenvalue weighted by Crippen LogP contribution is 2.23. The van der Waals surface area contributed by atoms with Crippen molar-refractivity contribution in [3.8, 4) is 11.3 Å². The smallest absolute Gasteiger partial charge is 0.269 e. The number of aromatic nitrogens is 2. The first-order chi connectivity index (χ1) is 12.6. The average molecular weight is 371 g/mol. The fraction of sp³-hybridized carbons (Fsp3) is 0.158. The van der Waals surface area contributed by atoms with Crippen molar-refractivity contribution in [2.45, 2.75) is 12.7 Å². The zero-order valence-corrected chi connectivity index (χ0v) is 14.5. The van der Waals surface area contributed by atoms with Crippen LogP contribution in [0.2, 0.25) is 5.02 Å². The van der Waals surface area contributed by atoms with E-state index in [2.05, 4.69) is 15.7 Å². The lowest BCUT2D eigenvalue weighted by molar-refractivity contribution is 0.0900. The van der Waals surface area contributed by atoms with Crippen LogP contribution in [0.25, 0.3) is 11.3 Å². The number of fused-ring (bicyclic) bond motifs is 1.